The summed E-state index contributed by atoms with van der Waals surface area (Å²) in [6, 6.07) is -0.166. The van der Waals surface area contributed by atoms with Crippen LogP contribution in [-0.2, 0) is 22.4 Å². The van der Waals surface area contributed by atoms with Crippen molar-refractivity contribution in [2.75, 3.05) is 0 Å². The summed E-state index contributed by atoms with van der Waals surface area (Å²) in [5, 5.41) is 38.0. The summed E-state index contributed by atoms with van der Waals surface area (Å²) in [7, 11) is 0. The minimum Gasteiger partial charge on any atom is -0.481 e. The topological polar surface area (TPSA) is 171 Å². The molecule has 344 valence electrons. The Labute approximate surface area is 379 Å². The maximum absolute atomic E-state index is 12.9. The minimum atomic E-state index is -0.977. The fourth-order valence-electron chi connectivity index (χ4n) is 9.25. The van der Waals surface area contributed by atoms with E-state index in [-0.39, 0.29) is 31.2 Å². The number of aromatic amines is 3. The van der Waals surface area contributed by atoms with Crippen LogP contribution in [0.5, 0.6) is 0 Å². The molecule has 10 heteroatoms. The van der Waals surface area contributed by atoms with E-state index in [4.69, 9.17) is 0 Å². The quantitative estimate of drug-likeness (QED) is 0.0415. The average Bonchev–Trinajstić information content (AvgIpc) is 3.91. The molecule has 2 aliphatic rings. The summed E-state index contributed by atoms with van der Waals surface area (Å²) < 4.78 is 0. The molecule has 3 aromatic rings. The van der Waals surface area contributed by atoms with Crippen LogP contribution in [0.2, 0.25) is 0 Å². The number of hydrogen-bond donors (Lipinski definition) is 7. The molecule has 10 nitrogen and oxygen atoms in total. The van der Waals surface area contributed by atoms with Crippen molar-refractivity contribution in [2.24, 2.45) is 5.92 Å². The number of carboxylic acids is 2. The highest BCUT2D eigenvalue weighted by atomic mass is 16.4. The van der Waals surface area contributed by atoms with Crippen LogP contribution in [0.25, 0.3) is 24.3 Å². The lowest BCUT2D eigenvalue weighted by atomic mass is 9.92. The molecule has 0 spiro atoms. The fourth-order valence-corrected chi connectivity index (χ4v) is 9.25. The van der Waals surface area contributed by atoms with E-state index in [0.717, 1.165) is 101 Å². The number of carbonyl (C=O) groups excluding carboxylic acids is 1. The number of H-pyrrole nitrogens is 3. The number of aliphatic carboxylic acids is 2. The van der Waals surface area contributed by atoms with Gasteiger partial charge in [-0.25, -0.2) is 0 Å². The number of hydrogen-bond acceptors (Lipinski definition) is 5. The predicted octanol–water partition coefficient (Wildman–Crippen LogP) is 8.60. The van der Waals surface area contributed by atoms with Gasteiger partial charge in [0, 0.05) is 63.0 Å². The second-order valence-electron chi connectivity index (χ2n) is 18.3. The zero-order valence-electron chi connectivity index (χ0n) is 39.7. The van der Waals surface area contributed by atoms with Crippen LogP contribution in [-0.4, -0.2) is 54.5 Å². The number of nitrogens with one attached hydrogen (secondary N) is 4. The number of carboxylic acid groups (broad SMARTS) is 2. The molecule has 3 aromatic heterocycles. The molecular weight excluding hydrogens is 801 g/mol. The molecule has 3 atom stereocenters. The lowest BCUT2D eigenvalue weighted by molar-refractivity contribution is -0.138. The van der Waals surface area contributed by atoms with E-state index >= 15 is 0 Å². The maximum Gasteiger partial charge on any atom is 0.303 e. The lowest BCUT2D eigenvalue weighted by Gasteiger charge is -2.14. The SMILES string of the molecule is CCc1c(C)/c2[nH]/c1=C\C1NC(=C(CCC(=O)O)[C@@H]1C)/C=c1\[nH]/c(c(C=O)c1CCC(=O)O)=C\c1[nH]c(c([C@@H](O)CC/C=C(\C)CC/C=C(\C)CC/C=C(\C)CCC=C(C)C)c1C)\C=2. The number of fused-ring (bicyclic) bond motifs is 8. The van der Waals surface area contributed by atoms with Crippen molar-refractivity contribution in [1.82, 2.24) is 20.3 Å². The molecule has 8 bridgehead atoms. The van der Waals surface area contributed by atoms with E-state index in [1.54, 1.807) is 0 Å². The largest absolute Gasteiger partial charge is 0.481 e. The van der Waals surface area contributed by atoms with E-state index in [0.29, 0.717) is 41.1 Å². The number of aromatic nitrogens is 3. The van der Waals surface area contributed by atoms with E-state index in [2.05, 4.69) is 112 Å². The smallest absolute Gasteiger partial charge is 0.303 e. The Hall–Kier alpha value is -5.61. The Morgan fingerprint density at radius 2 is 1.27 bits per heavy atom. The zero-order valence-corrected chi connectivity index (χ0v) is 39.7. The van der Waals surface area contributed by atoms with Crippen LogP contribution < -0.4 is 26.7 Å². The van der Waals surface area contributed by atoms with Gasteiger partial charge in [-0.3, -0.25) is 14.4 Å². The number of aliphatic hydroxyl groups is 1. The molecule has 5 rings (SSSR count). The van der Waals surface area contributed by atoms with Gasteiger partial charge in [0.25, 0.3) is 0 Å². The standard InChI is InChI=1S/C54H72N4O6/c1-10-39-36(7)44-29-50-54(51(60)22-14-21-35(6)20-13-19-34(5)18-12-17-33(4)16-11-15-32(2)3)38(9)45(57-50)28-49-42(31-59)41(24-26-53(63)64)48(58-49)30-47-40(23-25-52(61)62)37(8)43(56-47)27-46(39)55-44/h15,17,19,21,27-31,37,43,51,55-58,60H,10-14,16,18,20,22-26H2,1-9H3,(H,61,62)(H,63,64)/b33-17+,34-19+,35-21+,44-29-,46-27-,48-30-,49-28-/t37-,43?,51-/m0/s1. The van der Waals surface area contributed by atoms with Gasteiger partial charge in [-0.2, -0.15) is 0 Å². The highest BCUT2D eigenvalue weighted by Gasteiger charge is 2.30. The summed E-state index contributed by atoms with van der Waals surface area (Å²) in [6.07, 6.45) is 25.9. The summed E-state index contributed by atoms with van der Waals surface area (Å²) in [6.45, 7) is 19.2. The van der Waals surface area contributed by atoms with Crippen molar-refractivity contribution in [3.63, 3.8) is 0 Å². The molecule has 0 fully saturated rings. The first-order valence-corrected chi connectivity index (χ1v) is 23.3. The summed E-state index contributed by atoms with van der Waals surface area (Å²) in [5.41, 5.74) is 13.6. The van der Waals surface area contributed by atoms with Crippen LogP contribution in [0, 0.1) is 19.8 Å². The van der Waals surface area contributed by atoms with Gasteiger partial charge in [0.05, 0.1) is 17.5 Å². The number of rotatable bonds is 21. The first-order valence-electron chi connectivity index (χ1n) is 23.3. The number of aldehydes is 1. The second-order valence-corrected chi connectivity index (χ2v) is 18.3. The molecule has 0 saturated heterocycles. The molecule has 0 saturated carbocycles. The third kappa shape index (κ3) is 12.8. The van der Waals surface area contributed by atoms with Crippen LogP contribution in [0.15, 0.2) is 57.9 Å². The van der Waals surface area contributed by atoms with Crippen LogP contribution in [0.4, 0.5) is 0 Å². The first kappa shape index (κ1) is 49.4. The normalized spacial score (nSPS) is 19.1. The van der Waals surface area contributed by atoms with Gasteiger partial charge in [-0.1, -0.05) is 60.4 Å². The minimum absolute atomic E-state index is 0.0344. The van der Waals surface area contributed by atoms with Crippen LogP contribution in [0.1, 0.15) is 175 Å². The predicted molar refractivity (Wildman–Crippen MR) is 260 cm³/mol. The highest BCUT2D eigenvalue weighted by Crippen LogP contribution is 2.32. The third-order valence-corrected chi connectivity index (χ3v) is 13.1. The lowest BCUT2D eigenvalue weighted by Crippen LogP contribution is -2.29. The molecular formula is C54H72N4O6. The van der Waals surface area contributed by atoms with Gasteiger partial charge in [0.2, 0.25) is 0 Å². The van der Waals surface area contributed by atoms with E-state index in [1.165, 1.54) is 27.9 Å². The Morgan fingerprint density at radius 3 is 1.86 bits per heavy atom. The van der Waals surface area contributed by atoms with Gasteiger partial charge < -0.3 is 35.6 Å². The van der Waals surface area contributed by atoms with E-state index in [9.17, 15) is 29.7 Å². The zero-order chi connectivity index (χ0) is 46.7. The number of allylic oxidation sites excluding steroid dienone is 9. The maximum atomic E-state index is 12.9. The van der Waals surface area contributed by atoms with E-state index < -0.39 is 18.0 Å². The second kappa shape index (κ2) is 22.8. The Balaban J connectivity index is 1.50. The molecule has 0 aliphatic carbocycles. The average molecular weight is 873 g/mol. The van der Waals surface area contributed by atoms with Crippen molar-refractivity contribution in [3.05, 3.63) is 124 Å². The van der Waals surface area contributed by atoms with Crippen molar-refractivity contribution in [2.45, 2.75) is 158 Å². The van der Waals surface area contributed by atoms with Crippen molar-refractivity contribution in [3.8, 4) is 0 Å². The Morgan fingerprint density at radius 1 is 0.688 bits per heavy atom. The van der Waals surface area contributed by atoms with Gasteiger partial charge in [0.1, 0.15) is 0 Å². The molecule has 5 heterocycles. The van der Waals surface area contributed by atoms with Crippen molar-refractivity contribution < 1.29 is 29.7 Å². The van der Waals surface area contributed by atoms with E-state index in [1.807, 2.05) is 19.1 Å². The van der Waals surface area contributed by atoms with Crippen molar-refractivity contribution in [1.29, 1.82) is 0 Å². The number of aliphatic hydroxyl groups excluding tert-OH is 1. The highest BCUT2D eigenvalue weighted by molar-refractivity contribution is 5.80. The first-order chi connectivity index (χ1) is 30.5. The van der Waals surface area contributed by atoms with Gasteiger partial charge in [-0.05, 0) is 171 Å². The molecule has 0 radical (unpaired) electrons. The fraction of sp³-hybridized carbons (Fsp3) is 0.463. The summed E-state index contributed by atoms with van der Waals surface area (Å²) in [5.74, 6) is -1.91. The molecule has 2 aliphatic heterocycles. The Bertz CT molecular complexity index is 2620. The third-order valence-electron chi connectivity index (χ3n) is 13.1. The van der Waals surface area contributed by atoms with Gasteiger partial charge >= 0.3 is 11.9 Å². The monoisotopic (exact) mass is 873 g/mol. The van der Waals surface area contributed by atoms with Crippen LogP contribution >= 0.6 is 0 Å². The molecule has 64 heavy (non-hydrogen) atoms. The summed E-state index contributed by atoms with van der Waals surface area (Å²) >= 11 is 0. The summed E-state index contributed by atoms with van der Waals surface area (Å²) in [4.78, 5) is 47.2. The van der Waals surface area contributed by atoms with Gasteiger partial charge in [0.15, 0.2) is 6.29 Å². The van der Waals surface area contributed by atoms with Gasteiger partial charge in [-0.15, -0.1) is 0 Å². The van der Waals surface area contributed by atoms with Crippen LogP contribution in [0.3, 0.4) is 0 Å². The Kier molecular flexibility index (Phi) is 17.6. The molecule has 7 N–H and O–H groups in total. The molecule has 0 amide bonds. The molecule has 1 unspecified atom stereocenters. The molecule has 0 aromatic carbocycles. The van der Waals surface area contributed by atoms with Crippen molar-refractivity contribution >= 4 is 42.5 Å². The number of carbonyl (C=O) groups is 3.